The number of para-hydroxylation sites is 1. The second-order valence-electron chi connectivity index (χ2n) is 8.14. The summed E-state index contributed by atoms with van der Waals surface area (Å²) in [6.07, 6.45) is 4.49. The van der Waals surface area contributed by atoms with E-state index < -0.39 is 0 Å². The number of fused-ring (bicyclic) bond motifs is 3. The van der Waals surface area contributed by atoms with Crippen molar-refractivity contribution >= 4 is 28.4 Å². The van der Waals surface area contributed by atoms with Crippen LogP contribution in [0, 0.1) is 12.8 Å². The summed E-state index contributed by atoms with van der Waals surface area (Å²) in [5.41, 5.74) is 1.77. The van der Waals surface area contributed by atoms with Gasteiger partial charge in [-0.25, -0.2) is 9.38 Å². The van der Waals surface area contributed by atoms with Gasteiger partial charge in [0.15, 0.2) is 5.65 Å². The molecule has 2 aromatic heterocycles. The van der Waals surface area contributed by atoms with Crippen LogP contribution in [0.2, 0.25) is 0 Å². The van der Waals surface area contributed by atoms with Crippen LogP contribution in [-0.4, -0.2) is 56.1 Å². The standard InChI is InChI=1S/C21H26N6O/c1-14-13-25(11-12-26(14)20(28)16-7-3-4-8-16)21-22-18-10-6-5-9-17(18)19-24-23-15(2)27(19)21/h5-6,9-10,14,16H,3-4,7-8,11-13H2,1-2H3. The van der Waals surface area contributed by atoms with Crippen molar-refractivity contribution in [2.45, 2.75) is 45.6 Å². The number of nitrogens with zero attached hydrogens (tertiary/aromatic N) is 6. The van der Waals surface area contributed by atoms with E-state index in [0.717, 1.165) is 60.8 Å². The fourth-order valence-corrected chi connectivity index (χ4v) is 4.78. The molecule has 7 nitrogen and oxygen atoms in total. The Balaban J connectivity index is 1.47. The van der Waals surface area contributed by atoms with E-state index in [1.165, 1.54) is 12.8 Å². The largest absolute Gasteiger partial charge is 0.338 e. The van der Waals surface area contributed by atoms with Gasteiger partial charge in [-0.1, -0.05) is 25.0 Å². The van der Waals surface area contributed by atoms with Crippen LogP contribution in [0.4, 0.5) is 5.95 Å². The van der Waals surface area contributed by atoms with Crippen molar-refractivity contribution in [3.05, 3.63) is 30.1 Å². The molecule has 0 spiro atoms. The first-order valence-corrected chi connectivity index (χ1v) is 10.3. The molecule has 1 unspecified atom stereocenters. The van der Waals surface area contributed by atoms with Crippen LogP contribution in [0.3, 0.4) is 0 Å². The van der Waals surface area contributed by atoms with Gasteiger partial charge in [-0.05, 0) is 38.8 Å². The number of carbonyl (C=O) groups is 1. The Morgan fingerprint density at radius 1 is 1.11 bits per heavy atom. The van der Waals surface area contributed by atoms with Crippen molar-refractivity contribution in [2.24, 2.45) is 5.92 Å². The zero-order valence-corrected chi connectivity index (χ0v) is 16.5. The molecule has 2 fully saturated rings. The Morgan fingerprint density at radius 3 is 2.68 bits per heavy atom. The minimum Gasteiger partial charge on any atom is -0.338 e. The molecular weight excluding hydrogens is 352 g/mol. The molecule has 1 aliphatic carbocycles. The maximum absolute atomic E-state index is 12.9. The van der Waals surface area contributed by atoms with Gasteiger partial charge in [0.05, 0.1) is 5.52 Å². The summed E-state index contributed by atoms with van der Waals surface area (Å²) in [4.78, 5) is 22.2. The molecule has 0 bridgehead atoms. The lowest BCUT2D eigenvalue weighted by Crippen LogP contribution is -2.55. The number of benzene rings is 1. The molecular formula is C21H26N6O. The molecule has 3 heterocycles. The van der Waals surface area contributed by atoms with Gasteiger partial charge in [-0.15, -0.1) is 10.2 Å². The molecule has 1 saturated carbocycles. The molecule has 1 atom stereocenters. The third-order valence-electron chi connectivity index (χ3n) is 6.29. The van der Waals surface area contributed by atoms with E-state index in [0.29, 0.717) is 5.91 Å². The highest BCUT2D eigenvalue weighted by Crippen LogP contribution is 2.29. The van der Waals surface area contributed by atoms with Gasteiger partial charge >= 0.3 is 0 Å². The van der Waals surface area contributed by atoms with E-state index in [2.05, 4.69) is 26.9 Å². The maximum atomic E-state index is 12.9. The summed E-state index contributed by atoms with van der Waals surface area (Å²) in [5.74, 6) is 2.29. The highest BCUT2D eigenvalue weighted by molar-refractivity contribution is 5.92. The summed E-state index contributed by atoms with van der Waals surface area (Å²) < 4.78 is 2.05. The predicted molar refractivity (Wildman–Crippen MR) is 108 cm³/mol. The Labute approximate surface area is 164 Å². The van der Waals surface area contributed by atoms with Crippen LogP contribution in [0.1, 0.15) is 38.4 Å². The Morgan fingerprint density at radius 2 is 1.89 bits per heavy atom. The average molecular weight is 378 g/mol. The zero-order chi connectivity index (χ0) is 19.3. The predicted octanol–water partition coefficient (Wildman–Crippen LogP) is 2.81. The summed E-state index contributed by atoms with van der Waals surface area (Å²) >= 11 is 0. The van der Waals surface area contributed by atoms with Gasteiger partial charge in [0.25, 0.3) is 0 Å². The fraction of sp³-hybridized carbons (Fsp3) is 0.524. The van der Waals surface area contributed by atoms with Crippen LogP contribution in [0.5, 0.6) is 0 Å². The second kappa shape index (κ2) is 6.72. The number of hydrogen-bond acceptors (Lipinski definition) is 5. The van der Waals surface area contributed by atoms with Crippen molar-refractivity contribution in [3.8, 4) is 0 Å². The van der Waals surface area contributed by atoms with Crippen LogP contribution < -0.4 is 4.90 Å². The second-order valence-corrected chi connectivity index (χ2v) is 8.14. The lowest BCUT2D eigenvalue weighted by molar-refractivity contribution is -0.137. The highest BCUT2D eigenvalue weighted by Gasteiger charge is 2.34. The number of carbonyl (C=O) groups excluding carboxylic acids is 1. The number of aryl methyl sites for hydroxylation is 1. The van der Waals surface area contributed by atoms with Crippen molar-refractivity contribution in [1.82, 2.24) is 24.5 Å². The lowest BCUT2D eigenvalue weighted by Gasteiger charge is -2.41. The lowest BCUT2D eigenvalue weighted by atomic mass is 10.0. The van der Waals surface area contributed by atoms with Gasteiger partial charge in [0, 0.05) is 37.0 Å². The van der Waals surface area contributed by atoms with Gasteiger partial charge in [0.1, 0.15) is 5.82 Å². The highest BCUT2D eigenvalue weighted by atomic mass is 16.2. The number of amides is 1. The first-order chi connectivity index (χ1) is 13.6. The van der Waals surface area contributed by atoms with E-state index in [-0.39, 0.29) is 12.0 Å². The monoisotopic (exact) mass is 378 g/mol. The molecule has 1 aromatic carbocycles. The zero-order valence-electron chi connectivity index (χ0n) is 16.5. The quantitative estimate of drug-likeness (QED) is 0.686. The molecule has 0 radical (unpaired) electrons. The molecule has 3 aromatic rings. The van der Waals surface area contributed by atoms with Crippen LogP contribution in [0.25, 0.3) is 16.6 Å². The van der Waals surface area contributed by atoms with E-state index in [9.17, 15) is 4.79 Å². The molecule has 5 rings (SSSR count). The molecule has 1 saturated heterocycles. The molecule has 146 valence electrons. The van der Waals surface area contributed by atoms with E-state index in [1.54, 1.807) is 0 Å². The van der Waals surface area contributed by atoms with Crippen molar-refractivity contribution in [2.75, 3.05) is 24.5 Å². The topological polar surface area (TPSA) is 66.6 Å². The molecule has 2 aliphatic rings. The molecule has 0 N–H and O–H groups in total. The van der Waals surface area contributed by atoms with Gasteiger partial charge in [0.2, 0.25) is 11.9 Å². The number of aromatic nitrogens is 4. The number of rotatable bonds is 2. The van der Waals surface area contributed by atoms with Crippen molar-refractivity contribution in [1.29, 1.82) is 0 Å². The summed E-state index contributed by atoms with van der Waals surface area (Å²) in [5, 5.41) is 9.70. The number of anilines is 1. The first-order valence-electron chi connectivity index (χ1n) is 10.3. The fourth-order valence-electron chi connectivity index (χ4n) is 4.78. The molecule has 1 amide bonds. The van der Waals surface area contributed by atoms with Gasteiger partial charge in [-0.3, -0.25) is 4.79 Å². The van der Waals surface area contributed by atoms with E-state index >= 15 is 0 Å². The molecule has 1 aliphatic heterocycles. The smallest absolute Gasteiger partial charge is 0.226 e. The minimum atomic E-state index is 0.168. The molecule has 7 heteroatoms. The first kappa shape index (κ1) is 17.4. The maximum Gasteiger partial charge on any atom is 0.226 e. The molecule has 28 heavy (non-hydrogen) atoms. The Hall–Kier alpha value is -2.70. The number of piperazine rings is 1. The summed E-state index contributed by atoms with van der Waals surface area (Å²) in [6.45, 7) is 6.41. The third kappa shape index (κ3) is 2.72. The van der Waals surface area contributed by atoms with Crippen LogP contribution in [-0.2, 0) is 4.79 Å². The summed E-state index contributed by atoms with van der Waals surface area (Å²) in [7, 11) is 0. The van der Waals surface area contributed by atoms with Crippen molar-refractivity contribution < 1.29 is 4.79 Å². The average Bonchev–Trinajstić information content (AvgIpc) is 3.37. The number of hydrogen-bond donors (Lipinski definition) is 0. The minimum absolute atomic E-state index is 0.168. The summed E-state index contributed by atoms with van der Waals surface area (Å²) in [6, 6.07) is 8.23. The SMILES string of the molecule is Cc1nnc2c3ccccc3nc(N3CCN(C(=O)C4CCCC4)C(C)C3)n12. The van der Waals surface area contributed by atoms with E-state index in [1.807, 2.05) is 35.6 Å². The van der Waals surface area contributed by atoms with Gasteiger partial charge in [-0.2, -0.15) is 0 Å². The van der Waals surface area contributed by atoms with Crippen LogP contribution in [0.15, 0.2) is 24.3 Å². The van der Waals surface area contributed by atoms with Gasteiger partial charge < -0.3 is 9.80 Å². The third-order valence-corrected chi connectivity index (χ3v) is 6.29. The van der Waals surface area contributed by atoms with Crippen molar-refractivity contribution in [3.63, 3.8) is 0 Å². The van der Waals surface area contributed by atoms with E-state index in [4.69, 9.17) is 4.98 Å². The normalized spacial score (nSPS) is 21.1. The Kier molecular flexibility index (Phi) is 4.18. The van der Waals surface area contributed by atoms with Crippen LogP contribution >= 0.6 is 0 Å². The Bertz CT molecular complexity index is 1040.